The molecule has 0 radical (unpaired) electrons. The summed E-state index contributed by atoms with van der Waals surface area (Å²) in [6, 6.07) is 0. The van der Waals surface area contributed by atoms with Crippen LogP contribution in [0.25, 0.3) is 0 Å². The average molecular weight is 358 g/mol. The van der Waals surface area contributed by atoms with Crippen LogP contribution in [0, 0.1) is 10.5 Å². The summed E-state index contributed by atoms with van der Waals surface area (Å²) in [6.07, 6.45) is -0.315. The van der Waals surface area contributed by atoms with Crippen molar-refractivity contribution in [2.75, 3.05) is 26.1 Å². The normalized spacial score (nSPS) is 10.9. The van der Waals surface area contributed by atoms with Crippen molar-refractivity contribution in [2.24, 2.45) is 0 Å². The molecule has 0 atom stereocenters. The SMILES string of the molecule is COC(CNc1nc(Cl)nc(C)c1I)OC. The maximum Gasteiger partial charge on any atom is 0.224 e. The van der Waals surface area contributed by atoms with Crippen molar-refractivity contribution in [1.29, 1.82) is 0 Å². The number of nitrogens with one attached hydrogen (secondary N) is 1. The summed E-state index contributed by atoms with van der Waals surface area (Å²) in [5.74, 6) is 0.692. The first-order chi connectivity index (χ1) is 7.58. The van der Waals surface area contributed by atoms with Gasteiger partial charge in [-0.2, -0.15) is 4.98 Å². The highest BCUT2D eigenvalue weighted by atomic mass is 127. The predicted molar refractivity (Wildman–Crippen MR) is 70.8 cm³/mol. The molecule has 0 aliphatic rings. The van der Waals surface area contributed by atoms with E-state index in [1.54, 1.807) is 14.2 Å². The van der Waals surface area contributed by atoms with Gasteiger partial charge < -0.3 is 14.8 Å². The Balaban J connectivity index is 2.73. The predicted octanol–water partition coefficient (Wildman–Crippen LogP) is 2.07. The number of anilines is 1. The molecule has 16 heavy (non-hydrogen) atoms. The Morgan fingerprint density at radius 3 is 2.56 bits per heavy atom. The van der Waals surface area contributed by atoms with Gasteiger partial charge in [0.25, 0.3) is 0 Å². The van der Waals surface area contributed by atoms with E-state index in [9.17, 15) is 0 Å². The van der Waals surface area contributed by atoms with Crippen LogP contribution in [-0.2, 0) is 9.47 Å². The molecule has 0 unspecified atom stereocenters. The third-order valence-electron chi connectivity index (χ3n) is 1.95. The Labute approximate surface area is 113 Å². The van der Waals surface area contributed by atoms with Gasteiger partial charge in [-0.25, -0.2) is 4.98 Å². The van der Waals surface area contributed by atoms with E-state index in [1.165, 1.54) is 0 Å². The molecule has 0 spiro atoms. The second kappa shape index (κ2) is 6.53. The smallest absolute Gasteiger partial charge is 0.224 e. The summed E-state index contributed by atoms with van der Waals surface area (Å²) in [5, 5.41) is 3.33. The summed E-state index contributed by atoms with van der Waals surface area (Å²) in [6.45, 7) is 2.38. The number of aromatic nitrogens is 2. The number of hydrogen-bond acceptors (Lipinski definition) is 5. The number of hydrogen-bond donors (Lipinski definition) is 1. The molecule has 0 aliphatic carbocycles. The van der Waals surface area contributed by atoms with Crippen LogP contribution in [0.15, 0.2) is 0 Å². The lowest BCUT2D eigenvalue weighted by atomic mass is 10.4. The van der Waals surface area contributed by atoms with Gasteiger partial charge in [0.05, 0.1) is 15.8 Å². The molecule has 0 amide bonds. The Kier molecular flexibility index (Phi) is 5.67. The van der Waals surface area contributed by atoms with Crippen molar-refractivity contribution in [3.63, 3.8) is 0 Å². The Morgan fingerprint density at radius 1 is 1.38 bits per heavy atom. The molecular formula is C9H13ClIN3O2. The molecule has 0 saturated carbocycles. The molecule has 1 aromatic rings. The van der Waals surface area contributed by atoms with Crippen LogP contribution in [0.4, 0.5) is 5.82 Å². The third-order valence-corrected chi connectivity index (χ3v) is 3.41. The molecule has 1 rings (SSSR count). The highest BCUT2D eigenvalue weighted by Gasteiger charge is 2.10. The molecule has 7 heteroatoms. The average Bonchev–Trinajstić information content (AvgIpc) is 2.26. The van der Waals surface area contributed by atoms with E-state index in [-0.39, 0.29) is 11.6 Å². The van der Waals surface area contributed by atoms with Gasteiger partial charge in [-0.3, -0.25) is 0 Å². The zero-order valence-corrected chi connectivity index (χ0v) is 12.2. The second-order valence-electron chi connectivity index (χ2n) is 3.02. The lowest BCUT2D eigenvalue weighted by Crippen LogP contribution is -2.24. The third kappa shape index (κ3) is 3.69. The zero-order valence-electron chi connectivity index (χ0n) is 9.25. The fourth-order valence-corrected chi connectivity index (χ4v) is 1.73. The van der Waals surface area contributed by atoms with Crippen molar-refractivity contribution >= 4 is 40.0 Å². The minimum absolute atomic E-state index is 0.229. The zero-order chi connectivity index (χ0) is 12.1. The van der Waals surface area contributed by atoms with Gasteiger partial charge in [-0.15, -0.1) is 0 Å². The summed E-state index contributed by atoms with van der Waals surface area (Å²) in [4.78, 5) is 8.14. The van der Waals surface area contributed by atoms with E-state index in [0.29, 0.717) is 12.4 Å². The molecule has 1 aromatic heterocycles. The summed E-state index contributed by atoms with van der Waals surface area (Å²) in [5.41, 5.74) is 0.842. The number of halogens is 2. The number of methoxy groups -OCH3 is 2. The molecule has 1 N–H and O–H groups in total. The lowest BCUT2D eigenvalue weighted by molar-refractivity contribution is -0.0914. The quantitative estimate of drug-likeness (QED) is 0.497. The molecule has 90 valence electrons. The standard InChI is InChI=1S/C9H13ClIN3O2/c1-5-7(11)8(14-9(10)13-5)12-4-6(15-2)16-3/h6H,4H2,1-3H3,(H,12,13,14). The van der Waals surface area contributed by atoms with Gasteiger partial charge in [0.2, 0.25) is 5.28 Å². The first-order valence-electron chi connectivity index (χ1n) is 4.57. The second-order valence-corrected chi connectivity index (χ2v) is 4.44. The lowest BCUT2D eigenvalue weighted by Gasteiger charge is -2.15. The molecule has 0 bridgehead atoms. The van der Waals surface area contributed by atoms with E-state index >= 15 is 0 Å². The van der Waals surface area contributed by atoms with E-state index in [1.807, 2.05) is 6.92 Å². The van der Waals surface area contributed by atoms with Gasteiger partial charge >= 0.3 is 0 Å². The highest BCUT2D eigenvalue weighted by molar-refractivity contribution is 14.1. The van der Waals surface area contributed by atoms with E-state index in [0.717, 1.165) is 9.26 Å². The van der Waals surface area contributed by atoms with Crippen LogP contribution in [0.1, 0.15) is 5.69 Å². The largest absolute Gasteiger partial charge is 0.364 e. The highest BCUT2D eigenvalue weighted by Crippen LogP contribution is 2.20. The minimum Gasteiger partial charge on any atom is -0.364 e. The van der Waals surface area contributed by atoms with Crippen LogP contribution < -0.4 is 5.32 Å². The van der Waals surface area contributed by atoms with Gasteiger partial charge in [-0.1, -0.05) is 0 Å². The monoisotopic (exact) mass is 357 g/mol. The van der Waals surface area contributed by atoms with E-state index in [4.69, 9.17) is 21.1 Å². The first kappa shape index (κ1) is 13.9. The van der Waals surface area contributed by atoms with Crippen molar-refractivity contribution in [3.8, 4) is 0 Å². The molecule has 5 nitrogen and oxygen atoms in total. The van der Waals surface area contributed by atoms with Crippen molar-refractivity contribution in [3.05, 3.63) is 14.5 Å². The van der Waals surface area contributed by atoms with Crippen LogP contribution in [0.2, 0.25) is 5.28 Å². The van der Waals surface area contributed by atoms with Crippen molar-refractivity contribution in [2.45, 2.75) is 13.2 Å². The van der Waals surface area contributed by atoms with Crippen LogP contribution in [-0.4, -0.2) is 37.0 Å². The Bertz CT molecular complexity index is 361. The Morgan fingerprint density at radius 2 is 2.00 bits per heavy atom. The molecule has 0 aromatic carbocycles. The molecule has 0 saturated heterocycles. The molecule has 0 fully saturated rings. The van der Waals surface area contributed by atoms with Gasteiger partial charge in [-0.05, 0) is 41.1 Å². The van der Waals surface area contributed by atoms with Crippen LogP contribution in [0.5, 0.6) is 0 Å². The number of ether oxygens (including phenoxy) is 2. The maximum atomic E-state index is 5.78. The number of rotatable bonds is 5. The topological polar surface area (TPSA) is 56.3 Å². The first-order valence-corrected chi connectivity index (χ1v) is 6.03. The van der Waals surface area contributed by atoms with E-state index < -0.39 is 0 Å². The van der Waals surface area contributed by atoms with Gasteiger partial charge in [0.1, 0.15) is 5.82 Å². The Hall–Kier alpha value is -0.180. The van der Waals surface area contributed by atoms with Crippen LogP contribution in [0.3, 0.4) is 0 Å². The minimum atomic E-state index is -0.315. The number of nitrogens with zero attached hydrogens (tertiary/aromatic N) is 2. The van der Waals surface area contributed by atoms with Crippen molar-refractivity contribution < 1.29 is 9.47 Å². The van der Waals surface area contributed by atoms with E-state index in [2.05, 4.69) is 37.9 Å². The summed E-state index contributed by atoms with van der Waals surface area (Å²) < 4.78 is 11.1. The molecule has 0 aliphatic heterocycles. The van der Waals surface area contributed by atoms with Crippen molar-refractivity contribution in [1.82, 2.24) is 9.97 Å². The number of aryl methyl sites for hydroxylation is 1. The molecular weight excluding hydrogens is 344 g/mol. The fourth-order valence-electron chi connectivity index (χ4n) is 1.09. The fraction of sp³-hybridized carbons (Fsp3) is 0.556. The molecule has 1 heterocycles. The van der Waals surface area contributed by atoms with Crippen LogP contribution >= 0.6 is 34.2 Å². The van der Waals surface area contributed by atoms with Gasteiger partial charge in [0.15, 0.2) is 6.29 Å². The summed E-state index contributed by atoms with van der Waals surface area (Å²) in [7, 11) is 3.16. The maximum absolute atomic E-state index is 5.78. The van der Waals surface area contributed by atoms with Gasteiger partial charge in [0, 0.05) is 14.2 Å². The summed E-state index contributed by atoms with van der Waals surface area (Å²) >= 11 is 7.94.